The van der Waals surface area contributed by atoms with Gasteiger partial charge in [-0.05, 0) is 87.7 Å². The number of hydrogen-bond donors (Lipinski definition) is 0. The zero-order valence-corrected chi connectivity index (χ0v) is 24.8. The van der Waals surface area contributed by atoms with E-state index in [2.05, 4.69) is 139 Å². The molecule has 0 atom stereocenters. The van der Waals surface area contributed by atoms with Crippen LogP contribution in [0.25, 0.3) is 33.1 Å². The Bertz CT molecular complexity index is 1700. The molecule has 6 rings (SSSR count). The molecule has 0 spiro atoms. The lowest BCUT2D eigenvalue weighted by molar-refractivity contribution is 0.332. The maximum Gasteiger partial charge on any atom is 0.137 e. The minimum atomic E-state index is 0.0795. The number of fused-ring (bicyclic) bond motifs is 4. The number of hydrogen-bond acceptors (Lipinski definition) is 2. The molecule has 0 bridgehead atoms. The highest BCUT2D eigenvalue weighted by Gasteiger charge is 2.37. The molecule has 0 unspecified atom stereocenters. The Morgan fingerprint density at radius 2 is 1.33 bits per heavy atom. The van der Waals surface area contributed by atoms with Crippen LogP contribution in [-0.2, 0) is 16.2 Å². The molecule has 1 aliphatic rings. The maximum atomic E-state index is 6.56. The van der Waals surface area contributed by atoms with Gasteiger partial charge in [-0.3, -0.25) is 0 Å². The molecule has 2 nitrogen and oxygen atoms in total. The lowest BCUT2D eigenvalue weighted by Crippen LogP contribution is -2.33. The molecule has 1 aromatic heterocycles. The first kappa shape index (κ1) is 25.7. The van der Waals surface area contributed by atoms with E-state index in [0.717, 1.165) is 16.9 Å². The zero-order chi connectivity index (χ0) is 27.7. The molecule has 5 aromatic rings. The minimum Gasteiger partial charge on any atom is -0.456 e. The van der Waals surface area contributed by atoms with Gasteiger partial charge in [0.1, 0.15) is 11.2 Å². The zero-order valence-electron chi connectivity index (χ0n) is 24.8. The molecule has 0 N–H and O–H groups in total. The van der Waals surface area contributed by atoms with Crippen LogP contribution in [0.3, 0.4) is 0 Å². The van der Waals surface area contributed by atoms with Gasteiger partial charge in [0.15, 0.2) is 0 Å². The van der Waals surface area contributed by atoms with Crippen molar-refractivity contribution in [2.75, 3.05) is 11.9 Å². The Balaban J connectivity index is 1.48. The molecule has 0 amide bonds. The van der Waals surface area contributed by atoms with Gasteiger partial charge in [0, 0.05) is 40.8 Å². The summed E-state index contributed by atoms with van der Waals surface area (Å²) in [6.45, 7) is 16.3. The van der Waals surface area contributed by atoms with Crippen molar-refractivity contribution < 1.29 is 4.42 Å². The van der Waals surface area contributed by atoms with E-state index in [1.54, 1.807) is 0 Å². The van der Waals surface area contributed by atoms with Crippen molar-refractivity contribution in [3.63, 3.8) is 0 Å². The lowest BCUT2D eigenvalue weighted by Gasteiger charge is -2.41. The van der Waals surface area contributed by atoms with Crippen LogP contribution in [-0.4, -0.2) is 7.05 Å². The minimum absolute atomic E-state index is 0.0795. The van der Waals surface area contributed by atoms with Gasteiger partial charge in [-0.25, -0.2) is 0 Å². The third-order valence-electron chi connectivity index (χ3n) is 9.12. The molecule has 39 heavy (non-hydrogen) atoms. The Hall–Kier alpha value is -3.52. The summed E-state index contributed by atoms with van der Waals surface area (Å²) in [6, 6.07) is 29.0. The third kappa shape index (κ3) is 4.35. The van der Waals surface area contributed by atoms with E-state index in [-0.39, 0.29) is 16.2 Å². The van der Waals surface area contributed by atoms with Crippen LogP contribution in [0.2, 0.25) is 0 Å². The highest BCUT2D eigenvalue weighted by molar-refractivity contribution is 6.06. The second-order valence-electron chi connectivity index (χ2n) is 13.9. The summed E-state index contributed by atoms with van der Waals surface area (Å²) in [5.41, 5.74) is 11.4. The van der Waals surface area contributed by atoms with E-state index in [0.29, 0.717) is 0 Å². The van der Waals surface area contributed by atoms with Gasteiger partial charge in [0.25, 0.3) is 0 Å². The fraction of sp³-hybridized carbons (Fsp3) is 0.351. The Morgan fingerprint density at radius 3 is 2.00 bits per heavy atom. The van der Waals surface area contributed by atoms with E-state index in [1.165, 1.54) is 57.1 Å². The molecule has 0 saturated carbocycles. The molecule has 0 fully saturated rings. The number of benzene rings is 4. The summed E-state index contributed by atoms with van der Waals surface area (Å²) in [7, 11) is 2.16. The first-order valence-corrected chi connectivity index (χ1v) is 14.3. The molecule has 2 heteroatoms. The van der Waals surface area contributed by atoms with Gasteiger partial charge >= 0.3 is 0 Å². The molecular weight excluding hydrogens is 474 g/mol. The largest absolute Gasteiger partial charge is 0.456 e. The monoisotopic (exact) mass is 515 g/mol. The highest BCUT2D eigenvalue weighted by atomic mass is 16.3. The topological polar surface area (TPSA) is 16.4 Å². The standard InChI is InChI=1S/C37H41NO/c1-35(2,3)25-14-17-32(28(20-25)24-12-10-9-11-13-24)38(8)26-15-16-27-29-22-30-31(23-34(29)39-33(27)21-26)37(6,7)19-18-36(30,4)5/h9-17,20-23H,18-19H2,1-8H3. The smallest absolute Gasteiger partial charge is 0.137 e. The van der Waals surface area contributed by atoms with Crippen molar-refractivity contribution in [3.8, 4) is 11.1 Å². The average Bonchev–Trinajstić information content (AvgIpc) is 3.27. The van der Waals surface area contributed by atoms with Crippen molar-refractivity contribution >= 4 is 33.3 Å². The number of furan rings is 1. The van der Waals surface area contributed by atoms with E-state index in [1.807, 2.05) is 0 Å². The normalized spacial score (nSPS) is 16.4. The molecule has 200 valence electrons. The van der Waals surface area contributed by atoms with E-state index in [9.17, 15) is 0 Å². The maximum absolute atomic E-state index is 6.56. The Morgan fingerprint density at radius 1 is 0.692 bits per heavy atom. The van der Waals surface area contributed by atoms with Crippen molar-refractivity contribution in [3.05, 3.63) is 95.6 Å². The molecular formula is C37H41NO. The summed E-state index contributed by atoms with van der Waals surface area (Å²) >= 11 is 0. The van der Waals surface area contributed by atoms with Gasteiger partial charge in [0.2, 0.25) is 0 Å². The molecule has 4 aromatic carbocycles. The summed E-state index contributed by atoms with van der Waals surface area (Å²) in [4.78, 5) is 2.29. The molecule has 1 heterocycles. The predicted octanol–water partition coefficient (Wildman–Crippen LogP) is 10.7. The SMILES string of the molecule is CN(c1ccc2c(c1)oc1cc3c(cc12)C(C)(C)CCC3(C)C)c1ccc(C(C)(C)C)cc1-c1ccccc1. The van der Waals surface area contributed by atoms with Crippen LogP contribution >= 0.6 is 0 Å². The Labute approximate surface area is 233 Å². The quantitative estimate of drug-likeness (QED) is 0.238. The molecule has 0 aliphatic heterocycles. The van der Waals surface area contributed by atoms with Crippen molar-refractivity contribution in [1.29, 1.82) is 0 Å². The second-order valence-corrected chi connectivity index (χ2v) is 13.9. The summed E-state index contributed by atoms with van der Waals surface area (Å²) in [6.07, 6.45) is 2.41. The lowest BCUT2D eigenvalue weighted by atomic mass is 9.63. The van der Waals surface area contributed by atoms with Crippen LogP contribution in [0.5, 0.6) is 0 Å². The fourth-order valence-corrected chi connectivity index (χ4v) is 6.32. The van der Waals surface area contributed by atoms with E-state index in [4.69, 9.17) is 4.42 Å². The molecule has 0 radical (unpaired) electrons. The summed E-state index contributed by atoms with van der Waals surface area (Å²) in [5, 5.41) is 2.42. The number of nitrogens with zero attached hydrogens (tertiary/aromatic N) is 1. The molecule has 0 saturated heterocycles. The van der Waals surface area contributed by atoms with E-state index >= 15 is 0 Å². The van der Waals surface area contributed by atoms with Gasteiger partial charge in [-0.1, -0.05) is 84.9 Å². The van der Waals surface area contributed by atoms with Crippen LogP contribution < -0.4 is 4.90 Å². The highest BCUT2D eigenvalue weighted by Crippen LogP contribution is 2.48. The summed E-state index contributed by atoms with van der Waals surface area (Å²) < 4.78 is 6.56. The third-order valence-corrected chi connectivity index (χ3v) is 9.12. The van der Waals surface area contributed by atoms with Gasteiger partial charge < -0.3 is 9.32 Å². The fourth-order valence-electron chi connectivity index (χ4n) is 6.32. The van der Waals surface area contributed by atoms with Gasteiger partial charge in [-0.15, -0.1) is 0 Å². The average molecular weight is 516 g/mol. The van der Waals surface area contributed by atoms with Gasteiger partial charge in [0.05, 0.1) is 0 Å². The summed E-state index contributed by atoms with van der Waals surface area (Å²) in [5.74, 6) is 0. The first-order chi connectivity index (χ1) is 18.3. The van der Waals surface area contributed by atoms with Crippen molar-refractivity contribution in [2.24, 2.45) is 0 Å². The Kier molecular flexibility index (Phi) is 5.77. The number of rotatable bonds is 3. The van der Waals surface area contributed by atoms with E-state index < -0.39 is 0 Å². The second kappa shape index (κ2) is 8.74. The van der Waals surface area contributed by atoms with Crippen LogP contribution in [0, 0.1) is 0 Å². The van der Waals surface area contributed by atoms with Crippen LogP contribution in [0.1, 0.15) is 78.0 Å². The van der Waals surface area contributed by atoms with Crippen molar-refractivity contribution in [1.82, 2.24) is 0 Å². The first-order valence-electron chi connectivity index (χ1n) is 14.3. The predicted molar refractivity (Wildman–Crippen MR) is 168 cm³/mol. The van der Waals surface area contributed by atoms with Crippen LogP contribution in [0.15, 0.2) is 83.3 Å². The number of anilines is 2. The van der Waals surface area contributed by atoms with Gasteiger partial charge in [-0.2, -0.15) is 0 Å². The van der Waals surface area contributed by atoms with Crippen LogP contribution in [0.4, 0.5) is 11.4 Å². The van der Waals surface area contributed by atoms with Crippen molar-refractivity contribution in [2.45, 2.75) is 77.6 Å². The molecule has 1 aliphatic carbocycles.